The molecule has 1 aliphatic rings. The van der Waals surface area contributed by atoms with Crippen LogP contribution in [0.25, 0.3) is 0 Å². The van der Waals surface area contributed by atoms with Gasteiger partial charge in [-0.25, -0.2) is 14.4 Å². The summed E-state index contributed by atoms with van der Waals surface area (Å²) < 4.78 is 0. The number of fused-ring (bicyclic) bond motifs is 1. The zero-order valence-electron chi connectivity index (χ0n) is 22.6. The molecule has 0 radical (unpaired) electrons. The Morgan fingerprint density at radius 1 is 0.902 bits per heavy atom. The van der Waals surface area contributed by atoms with Crippen molar-refractivity contribution in [3.8, 4) is 0 Å². The molecular formula is C31H30N2O8. The van der Waals surface area contributed by atoms with E-state index in [9.17, 15) is 34.5 Å². The Bertz CT molecular complexity index is 1530. The first-order chi connectivity index (χ1) is 19.6. The van der Waals surface area contributed by atoms with Crippen molar-refractivity contribution < 1.29 is 39.3 Å². The number of rotatable bonds is 10. The number of carbonyl (C=O) groups is 4. The average molecular weight is 559 g/mol. The van der Waals surface area contributed by atoms with Crippen LogP contribution in [0.15, 0.2) is 65.8 Å². The zero-order chi connectivity index (χ0) is 29.7. The molecule has 0 spiro atoms. The van der Waals surface area contributed by atoms with Gasteiger partial charge in [-0.1, -0.05) is 47.6 Å². The van der Waals surface area contributed by atoms with Crippen molar-refractivity contribution in [3.05, 3.63) is 105 Å². The van der Waals surface area contributed by atoms with Gasteiger partial charge in [-0.15, -0.1) is 0 Å². The molecular weight excluding hydrogens is 528 g/mol. The monoisotopic (exact) mass is 558 g/mol. The van der Waals surface area contributed by atoms with E-state index < -0.39 is 52.1 Å². The third kappa shape index (κ3) is 6.60. The third-order valence-electron chi connectivity index (χ3n) is 6.83. The molecule has 0 saturated carbocycles. The van der Waals surface area contributed by atoms with Gasteiger partial charge >= 0.3 is 17.9 Å². The molecule has 0 heterocycles. The summed E-state index contributed by atoms with van der Waals surface area (Å²) in [6.07, 6.45) is 3.67. The molecule has 1 aliphatic carbocycles. The van der Waals surface area contributed by atoms with Crippen molar-refractivity contribution in [2.45, 2.75) is 51.8 Å². The van der Waals surface area contributed by atoms with E-state index >= 15 is 0 Å². The maximum Gasteiger partial charge on any atom is 0.336 e. The first-order valence-electron chi connectivity index (χ1n) is 13.1. The Hall–Kier alpha value is -4.99. The van der Waals surface area contributed by atoms with E-state index in [1.807, 2.05) is 56.3 Å². The molecule has 0 aliphatic heterocycles. The maximum atomic E-state index is 14.2. The van der Waals surface area contributed by atoms with Crippen LogP contribution in [0.2, 0.25) is 0 Å². The molecule has 212 valence electrons. The van der Waals surface area contributed by atoms with Crippen LogP contribution < -0.4 is 0 Å². The first kappa shape index (κ1) is 29.0. The van der Waals surface area contributed by atoms with E-state index in [-0.39, 0.29) is 12.6 Å². The molecule has 1 amide bonds. The van der Waals surface area contributed by atoms with E-state index in [4.69, 9.17) is 4.84 Å². The number of nitrogens with zero attached hydrogens (tertiary/aromatic N) is 2. The van der Waals surface area contributed by atoms with Gasteiger partial charge in [0.15, 0.2) is 0 Å². The predicted octanol–water partition coefficient (Wildman–Crippen LogP) is 5.26. The van der Waals surface area contributed by atoms with Gasteiger partial charge in [0, 0.05) is 6.54 Å². The minimum Gasteiger partial charge on any atom is -0.478 e. The summed E-state index contributed by atoms with van der Waals surface area (Å²) in [4.78, 5) is 56.9. The number of carboxylic acid groups (broad SMARTS) is 3. The fraction of sp³-hybridized carbons (Fsp3) is 0.258. The molecule has 0 bridgehead atoms. The number of aryl methyl sites for hydroxylation is 1. The summed E-state index contributed by atoms with van der Waals surface area (Å²) in [5.41, 5.74) is 1.09. The summed E-state index contributed by atoms with van der Waals surface area (Å²) in [6.45, 7) is 3.78. The fourth-order valence-electron chi connectivity index (χ4n) is 5.02. The summed E-state index contributed by atoms with van der Waals surface area (Å²) in [7, 11) is 0. The van der Waals surface area contributed by atoms with Gasteiger partial charge in [-0.05, 0) is 73.6 Å². The minimum atomic E-state index is -1.61. The van der Waals surface area contributed by atoms with Crippen LogP contribution in [0.5, 0.6) is 0 Å². The predicted molar refractivity (Wildman–Crippen MR) is 150 cm³/mol. The lowest BCUT2D eigenvalue weighted by molar-refractivity contribution is 0.0611. The van der Waals surface area contributed by atoms with Crippen molar-refractivity contribution in [3.63, 3.8) is 0 Å². The Morgan fingerprint density at radius 2 is 1.54 bits per heavy atom. The van der Waals surface area contributed by atoms with Crippen molar-refractivity contribution in [2.24, 2.45) is 5.16 Å². The standard InChI is InChI=1S/C31H30N2O8/c1-18(2)41-32-16-19-7-5-8-20(13-19)17-33(27-12-6-10-21-9-3-4-11-22(21)27)28(34)23-14-25(30(37)38)26(31(39)40)15-24(23)29(35)36/h3-5,7-9,11,13-16,18,27H,6,10,12,17H2,1-2H3,(H,35,36)(H,37,38)(H,39,40)/t27-/m0/s1. The zero-order valence-corrected chi connectivity index (χ0v) is 22.6. The van der Waals surface area contributed by atoms with Crippen LogP contribution >= 0.6 is 0 Å². The highest BCUT2D eigenvalue weighted by molar-refractivity contribution is 6.10. The summed E-state index contributed by atoms with van der Waals surface area (Å²) in [5.74, 6) is -5.45. The number of aromatic carboxylic acids is 3. The topological polar surface area (TPSA) is 154 Å². The number of benzene rings is 3. The van der Waals surface area contributed by atoms with Gasteiger partial charge in [-0.3, -0.25) is 4.79 Å². The lowest BCUT2D eigenvalue weighted by atomic mass is 9.86. The Morgan fingerprint density at radius 3 is 2.20 bits per heavy atom. The summed E-state index contributed by atoms with van der Waals surface area (Å²) in [6, 6.07) is 16.2. The molecule has 0 saturated heterocycles. The van der Waals surface area contributed by atoms with Gasteiger partial charge in [0.25, 0.3) is 5.91 Å². The van der Waals surface area contributed by atoms with E-state index in [0.717, 1.165) is 47.2 Å². The molecule has 0 fully saturated rings. The number of oxime groups is 1. The minimum absolute atomic E-state index is 0.0761. The van der Waals surface area contributed by atoms with E-state index in [0.29, 0.717) is 6.42 Å². The number of hydrogen-bond donors (Lipinski definition) is 3. The molecule has 10 nitrogen and oxygen atoms in total. The quantitative estimate of drug-likeness (QED) is 0.225. The highest BCUT2D eigenvalue weighted by Crippen LogP contribution is 2.37. The van der Waals surface area contributed by atoms with Crippen LogP contribution in [0.4, 0.5) is 0 Å². The lowest BCUT2D eigenvalue weighted by Gasteiger charge is -2.36. The Balaban J connectivity index is 1.83. The molecule has 1 atom stereocenters. The molecule has 0 unspecified atom stereocenters. The first-order valence-corrected chi connectivity index (χ1v) is 13.1. The average Bonchev–Trinajstić information content (AvgIpc) is 2.94. The second-order valence-electron chi connectivity index (χ2n) is 10.0. The Labute approximate surface area is 236 Å². The van der Waals surface area contributed by atoms with Crippen molar-refractivity contribution in [2.75, 3.05) is 0 Å². The normalized spacial score (nSPS) is 14.5. The molecule has 41 heavy (non-hydrogen) atoms. The molecule has 10 heteroatoms. The van der Waals surface area contributed by atoms with Gasteiger partial charge < -0.3 is 25.1 Å². The highest BCUT2D eigenvalue weighted by Gasteiger charge is 2.33. The van der Waals surface area contributed by atoms with Gasteiger partial charge in [0.1, 0.15) is 6.10 Å². The number of amides is 1. The van der Waals surface area contributed by atoms with Crippen LogP contribution in [-0.2, 0) is 17.8 Å². The molecule has 0 aromatic heterocycles. The van der Waals surface area contributed by atoms with E-state index in [2.05, 4.69) is 5.16 Å². The number of carbonyl (C=O) groups excluding carboxylic acids is 1. The number of hydrogen-bond acceptors (Lipinski definition) is 6. The van der Waals surface area contributed by atoms with Gasteiger partial charge in [0.2, 0.25) is 0 Å². The Kier molecular flexibility index (Phi) is 8.81. The van der Waals surface area contributed by atoms with Crippen LogP contribution in [0.3, 0.4) is 0 Å². The highest BCUT2D eigenvalue weighted by atomic mass is 16.6. The second kappa shape index (κ2) is 12.5. The summed E-state index contributed by atoms with van der Waals surface area (Å²) >= 11 is 0. The maximum absolute atomic E-state index is 14.2. The van der Waals surface area contributed by atoms with Crippen LogP contribution in [0.1, 0.15) is 96.4 Å². The van der Waals surface area contributed by atoms with Crippen molar-refractivity contribution >= 4 is 30.0 Å². The molecule has 4 rings (SSSR count). The van der Waals surface area contributed by atoms with Crippen molar-refractivity contribution in [1.29, 1.82) is 0 Å². The van der Waals surface area contributed by atoms with Crippen molar-refractivity contribution in [1.82, 2.24) is 4.90 Å². The second-order valence-corrected chi connectivity index (χ2v) is 10.0. The molecule has 3 aromatic carbocycles. The number of carboxylic acids is 3. The SMILES string of the molecule is CC(C)ON=Cc1cccc(CN(C(=O)c2cc(C(=O)O)c(C(=O)O)cc2C(=O)O)[C@H]2CCCc3ccccc32)c1. The lowest BCUT2D eigenvalue weighted by Crippen LogP contribution is -2.37. The third-order valence-corrected chi connectivity index (χ3v) is 6.83. The van der Waals surface area contributed by atoms with Gasteiger partial charge in [-0.2, -0.15) is 0 Å². The molecule has 3 aromatic rings. The fourth-order valence-corrected chi connectivity index (χ4v) is 5.02. The molecule has 3 N–H and O–H groups in total. The van der Waals surface area contributed by atoms with Crippen LogP contribution in [-0.4, -0.2) is 56.4 Å². The summed E-state index contributed by atoms with van der Waals surface area (Å²) in [5, 5.41) is 33.1. The largest absolute Gasteiger partial charge is 0.478 e. The van der Waals surface area contributed by atoms with Crippen LogP contribution in [0, 0.1) is 0 Å². The smallest absolute Gasteiger partial charge is 0.336 e. The van der Waals surface area contributed by atoms with E-state index in [1.165, 1.54) is 4.90 Å². The van der Waals surface area contributed by atoms with E-state index in [1.54, 1.807) is 12.3 Å². The van der Waals surface area contributed by atoms with Gasteiger partial charge in [0.05, 0.1) is 34.5 Å².